The first kappa shape index (κ1) is 14.5. The van der Waals surface area contributed by atoms with E-state index in [0.29, 0.717) is 10.7 Å². The smallest absolute Gasteiger partial charge is 0.206 e. The number of nitrogens with zero attached hydrogens (tertiary/aromatic N) is 4. The Morgan fingerprint density at radius 1 is 1.09 bits per heavy atom. The molecule has 0 bridgehead atoms. The summed E-state index contributed by atoms with van der Waals surface area (Å²) in [6, 6.07) is 16.6. The van der Waals surface area contributed by atoms with Gasteiger partial charge in [-0.25, -0.2) is 4.39 Å². The molecule has 0 fully saturated rings. The van der Waals surface area contributed by atoms with E-state index in [1.165, 1.54) is 35.9 Å². The summed E-state index contributed by atoms with van der Waals surface area (Å²) >= 11 is 1.53. The molecule has 4 nitrogen and oxygen atoms in total. The van der Waals surface area contributed by atoms with Gasteiger partial charge in [0.15, 0.2) is 0 Å². The zero-order chi connectivity index (χ0) is 15.2. The van der Waals surface area contributed by atoms with Crippen LogP contribution in [0.3, 0.4) is 0 Å². The highest BCUT2D eigenvalue weighted by Crippen LogP contribution is 2.20. The molecule has 0 aliphatic heterocycles. The first-order valence-corrected chi connectivity index (χ1v) is 7.67. The quantitative estimate of drug-likeness (QED) is 0.534. The van der Waals surface area contributed by atoms with Crippen LogP contribution in [0.4, 0.5) is 4.39 Å². The zero-order valence-corrected chi connectivity index (χ0v) is 12.4. The van der Waals surface area contributed by atoms with E-state index < -0.39 is 0 Å². The van der Waals surface area contributed by atoms with Gasteiger partial charge < -0.3 is 0 Å². The Morgan fingerprint density at radius 3 is 2.68 bits per heavy atom. The van der Waals surface area contributed by atoms with Gasteiger partial charge in [-0.1, -0.05) is 60.3 Å². The van der Waals surface area contributed by atoms with Crippen LogP contribution in [-0.4, -0.2) is 21.1 Å². The molecular weight excluding hydrogens is 299 g/mol. The van der Waals surface area contributed by atoms with Crippen molar-refractivity contribution in [3.63, 3.8) is 0 Å². The van der Waals surface area contributed by atoms with Crippen molar-refractivity contribution in [1.82, 2.24) is 14.9 Å². The van der Waals surface area contributed by atoms with E-state index in [1.54, 1.807) is 22.9 Å². The Labute approximate surface area is 131 Å². The fraction of sp³-hybridized carbons (Fsp3) is 0.0625. The molecule has 0 spiro atoms. The zero-order valence-electron chi connectivity index (χ0n) is 11.6. The first-order valence-electron chi connectivity index (χ1n) is 6.68. The van der Waals surface area contributed by atoms with Gasteiger partial charge in [0, 0.05) is 11.3 Å². The summed E-state index contributed by atoms with van der Waals surface area (Å²) in [4.78, 5) is 0. The van der Waals surface area contributed by atoms with Crippen LogP contribution in [0.5, 0.6) is 0 Å². The highest BCUT2D eigenvalue weighted by molar-refractivity contribution is 7.98. The maximum atomic E-state index is 13.6. The Kier molecular flexibility index (Phi) is 4.60. The standard InChI is InChI=1S/C16H13FN4S/c17-15-9-5-4-8-14(15)10-19-21-12-18-20-16(21)22-11-13-6-2-1-3-7-13/h1-10,12H,11H2/b19-10+. The molecular formula is C16H13FN4S. The fourth-order valence-corrected chi connectivity index (χ4v) is 2.64. The second-order valence-electron chi connectivity index (χ2n) is 4.50. The second kappa shape index (κ2) is 7.00. The minimum atomic E-state index is -0.308. The Morgan fingerprint density at radius 2 is 1.86 bits per heavy atom. The van der Waals surface area contributed by atoms with E-state index in [9.17, 15) is 4.39 Å². The number of rotatable bonds is 5. The van der Waals surface area contributed by atoms with Crippen LogP contribution >= 0.6 is 11.8 Å². The normalized spacial score (nSPS) is 11.1. The van der Waals surface area contributed by atoms with E-state index in [-0.39, 0.29) is 5.82 Å². The summed E-state index contributed by atoms with van der Waals surface area (Å²) in [6.45, 7) is 0. The van der Waals surface area contributed by atoms with E-state index >= 15 is 0 Å². The minimum Gasteiger partial charge on any atom is -0.206 e. The molecule has 1 heterocycles. The third-order valence-electron chi connectivity index (χ3n) is 2.94. The van der Waals surface area contributed by atoms with Gasteiger partial charge in [0.2, 0.25) is 5.16 Å². The van der Waals surface area contributed by atoms with Crippen LogP contribution in [0, 0.1) is 5.82 Å². The molecule has 0 saturated heterocycles. The van der Waals surface area contributed by atoms with Crippen LogP contribution in [0.15, 0.2) is 71.2 Å². The lowest BCUT2D eigenvalue weighted by Gasteiger charge is -2.01. The lowest BCUT2D eigenvalue weighted by atomic mass is 10.2. The van der Waals surface area contributed by atoms with Crippen molar-refractivity contribution < 1.29 is 4.39 Å². The topological polar surface area (TPSA) is 43.1 Å². The first-order chi connectivity index (χ1) is 10.8. The Bertz CT molecular complexity index is 771. The van der Waals surface area contributed by atoms with Crippen molar-refractivity contribution >= 4 is 18.0 Å². The van der Waals surface area contributed by atoms with Gasteiger partial charge in [-0.05, 0) is 11.6 Å². The monoisotopic (exact) mass is 312 g/mol. The number of aromatic nitrogens is 3. The summed E-state index contributed by atoms with van der Waals surface area (Å²) in [5.41, 5.74) is 1.62. The predicted octanol–water partition coefficient (Wildman–Crippen LogP) is 3.59. The summed E-state index contributed by atoms with van der Waals surface area (Å²) in [5, 5.41) is 12.8. The van der Waals surface area contributed by atoms with Crippen molar-refractivity contribution in [1.29, 1.82) is 0 Å². The van der Waals surface area contributed by atoms with Crippen LogP contribution < -0.4 is 0 Å². The van der Waals surface area contributed by atoms with E-state index in [2.05, 4.69) is 27.4 Å². The lowest BCUT2D eigenvalue weighted by Crippen LogP contribution is -1.94. The Balaban J connectivity index is 1.71. The minimum absolute atomic E-state index is 0.308. The van der Waals surface area contributed by atoms with E-state index in [0.717, 1.165) is 5.75 Å². The molecule has 110 valence electrons. The maximum Gasteiger partial charge on any atom is 0.212 e. The van der Waals surface area contributed by atoms with Gasteiger partial charge in [-0.3, -0.25) is 0 Å². The molecule has 0 radical (unpaired) electrons. The third kappa shape index (κ3) is 3.59. The van der Waals surface area contributed by atoms with Crippen molar-refractivity contribution in [3.8, 4) is 0 Å². The molecule has 3 rings (SSSR count). The molecule has 0 aliphatic carbocycles. The average molecular weight is 312 g/mol. The van der Waals surface area contributed by atoms with Crippen molar-refractivity contribution in [3.05, 3.63) is 77.9 Å². The Hall–Kier alpha value is -2.47. The van der Waals surface area contributed by atoms with Gasteiger partial charge >= 0.3 is 0 Å². The van der Waals surface area contributed by atoms with E-state index in [4.69, 9.17) is 0 Å². The maximum absolute atomic E-state index is 13.6. The van der Waals surface area contributed by atoms with Gasteiger partial charge in [0.1, 0.15) is 12.1 Å². The lowest BCUT2D eigenvalue weighted by molar-refractivity contribution is 0.625. The highest BCUT2D eigenvalue weighted by Gasteiger charge is 2.04. The molecule has 0 unspecified atom stereocenters. The fourth-order valence-electron chi connectivity index (χ4n) is 1.82. The number of hydrogen-bond acceptors (Lipinski definition) is 4. The number of hydrogen-bond donors (Lipinski definition) is 0. The van der Waals surface area contributed by atoms with Crippen molar-refractivity contribution in [2.24, 2.45) is 5.10 Å². The molecule has 0 aliphatic rings. The van der Waals surface area contributed by atoms with Crippen LogP contribution in [-0.2, 0) is 5.75 Å². The average Bonchev–Trinajstić information content (AvgIpc) is 3.01. The van der Waals surface area contributed by atoms with Gasteiger partial charge in [-0.15, -0.1) is 10.2 Å². The predicted molar refractivity (Wildman–Crippen MR) is 85.4 cm³/mol. The third-order valence-corrected chi connectivity index (χ3v) is 3.94. The molecule has 0 N–H and O–H groups in total. The number of halogens is 1. The van der Waals surface area contributed by atoms with Gasteiger partial charge in [-0.2, -0.15) is 9.78 Å². The molecule has 22 heavy (non-hydrogen) atoms. The molecule has 0 saturated carbocycles. The number of thioether (sulfide) groups is 1. The largest absolute Gasteiger partial charge is 0.212 e. The highest BCUT2D eigenvalue weighted by atomic mass is 32.2. The SMILES string of the molecule is Fc1ccccc1/C=N/n1cnnc1SCc1ccccc1. The molecule has 0 amide bonds. The summed E-state index contributed by atoms with van der Waals surface area (Å²) < 4.78 is 15.1. The molecule has 3 aromatic rings. The number of benzene rings is 2. The molecule has 2 aromatic carbocycles. The van der Waals surface area contributed by atoms with Crippen LogP contribution in [0.2, 0.25) is 0 Å². The van der Waals surface area contributed by atoms with Gasteiger partial charge in [0.25, 0.3) is 0 Å². The van der Waals surface area contributed by atoms with E-state index in [1.807, 2.05) is 18.2 Å². The van der Waals surface area contributed by atoms with Gasteiger partial charge in [0.05, 0.1) is 6.21 Å². The molecule has 1 aromatic heterocycles. The second-order valence-corrected chi connectivity index (χ2v) is 5.44. The van der Waals surface area contributed by atoms with Crippen LogP contribution in [0.25, 0.3) is 0 Å². The molecule has 6 heteroatoms. The summed E-state index contributed by atoms with van der Waals surface area (Å²) in [7, 11) is 0. The van der Waals surface area contributed by atoms with Crippen LogP contribution in [0.1, 0.15) is 11.1 Å². The molecule has 0 atom stereocenters. The summed E-state index contributed by atoms with van der Waals surface area (Å²) in [6.07, 6.45) is 2.97. The van der Waals surface area contributed by atoms with Crippen molar-refractivity contribution in [2.45, 2.75) is 10.9 Å². The summed E-state index contributed by atoms with van der Waals surface area (Å²) in [5.74, 6) is 0.465. The van der Waals surface area contributed by atoms with Crippen molar-refractivity contribution in [2.75, 3.05) is 0 Å².